The van der Waals surface area contributed by atoms with E-state index in [9.17, 15) is 32.7 Å². The van der Waals surface area contributed by atoms with Crippen LogP contribution in [0.5, 0.6) is 0 Å². The molecule has 290 valence electrons. The Hall–Kier alpha value is -4.30. The number of aliphatic hydroxyl groups excluding tert-OH is 1. The zero-order chi connectivity index (χ0) is 38.6. The number of nitrogens with zero attached hydrogens (tertiary/aromatic N) is 2. The molecule has 13 heteroatoms. The van der Waals surface area contributed by atoms with Gasteiger partial charge in [-0.05, 0) is 80.8 Å². The third kappa shape index (κ3) is 9.49. The summed E-state index contributed by atoms with van der Waals surface area (Å²) in [6.45, 7) is 6.76. The van der Waals surface area contributed by atoms with E-state index >= 15 is 0 Å². The summed E-state index contributed by atoms with van der Waals surface area (Å²) in [5.74, 6) is -2.85. The van der Waals surface area contributed by atoms with Crippen LogP contribution in [0.25, 0.3) is 11.1 Å². The SMILES string of the molecule is CC(C)(C)OC(=O)C1CCCN1CC1CC(c2ccc(CO)cc2)OC(c2ccc(-c3ccccc3CNC(=O)C3CCCN3C(=O)C(F)(F)F)cc2)O1. The van der Waals surface area contributed by atoms with Crippen molar-refractivity contribution in [1.82, 2.24) is 15.1 Å². The van der Waals surface area contributed by atoms with Crippen molar-refractivity contribution < 1.29 is 46.9 Å². The average Bonchev–Trinajstić information content (AvgIpc) is 3.83. The van der Waals surface area contributed by atoms with Gasteiger partial charge in [-0.15, -0.1) is 0 Å². The second-order valence-corrected chi connectivity index (χ2v) is 15.2. The van der Waals surface area contributed by atoms with E-state index in [0.29, 0.717) is 24.3 Å². The van der Waals surface area contributed by atoms with Gasteiger partial charge in [0.2, 0.25) is 5.91 Å². The lowest BCUT2D eigenvalue weighted by Gasteiger charge is -2.38. The number of amides is 2. The summed E-state index contributed by atoms with van der Waals surface area (Å²) in [6.07, 6.45) is -3.68. The van der Waals surface area contributed by atoms with Crippen LogP contribution in [0.4, 0.5) is 13.2 Å². The van der Waals surface area contributed by atoms with Gasteiger partial charge in [0.05, 0.1) is 18.8 Å². The maximum atomic E-state index is 13.1. The Labute approximate surface area is 313 Å². The van der Waals surface area contributed by atoms with E-state index in [1.165, 1.54) is 0 Å². The molecular weight excluding hydrogens is 703 g/mol. The molecule has 0 bridgehead atoms. The first kappa shape index (κ1) is 39.4. The summed E-state index contributed by atoms with van der Waals surface area (Å²) in [5.41, 5.74) is 4.37. The molecule has 0 aliphatic carbocycles. The highest BCUT2D eigenvalue weighted by molar-refractivity contribution is 5.90. The second kappa shape index (κ2) is 16.6. The number of halogens is 3. The molecule has 3 saturated heterocycles. The number of aliphatic hydroxyl groups is 1. The molecule has 2 amide bonds. The first-order valence-corrected chi connectivity index (χ1v) is 18.5. The monoisotopic (exact) mass is 751 g/mol. The summed E-state index contributed by atoms with van der Waals surface area (Å²) >= 11 is 0. The Balaban J connectivity index is 1.17. The van der Waals surface area contributed by atoms with Crippen molar-refractivity contribution in [3.63, 3.8) is 0 Å². The summed E-state index contributed by atoms with van der Waals surface area (Å²) in [4.78, 5) is 40.7. The molecular formula is C41H48F3N3O7. The van der Waals surface area contributed by atoms with Crippen LogP contribution in [0, 0.1) is 0 Å². The van der Waals surface area contributed by atoms with E-state index in [0.717, 1.165) is 52.8 Å². The van der Waals surface area contributed by atoms with Gasteiger partial charge < -0.3 is 29.5 Å². The fourth-order valence-electron chi connectivity index (χ4n) is 7.50. The summed E-state index contributed by atoms with van der Waals surface area (Å²) < 4.78 is 58.2. The molecule has 5 atom stereocenters. The van der Waals surface area contributed by atoms with E-state index in [2.05, 4.69) is 10.2 Å². The van der Waals surface area contributed by atoms with Crippen molar-refractivity contribution >= 4 is 17.8 Å². The molecule has 0 radical (unpaired) electrons. The molecule has 3 aromatic rings. The van der Waals surface area contributed by atoms with Crippen LogP contribution in [0.2, 0.25) is 0 Å². The van der Waals surface area contributed by atoms with E-state index in [1.54, 1.807) is 0 Å². The lowest BCUT2D eigenvalue weighted by molar-refractivity contribution is -0.253. The number of hydrogen-bond donors (Lipinski definition) is 2. The quantitative estimate of drug-likeness (QED) is 0.230. The maximum Gasteiger partial charge on any atom is 0.471 e. The molecule has 6 rings (SSSR count). The first-order valence-electron chi connectivity index (χ1n) is 18.5. The van der Waals surface area contributed by atoms with E-state index in [4.69, 9.17) is 14.2 Å². The largest absolute Gasteiger partial charge is 0.471 e. The number of ether oxygens (including phenoxy) is 3. The normalized spacial score (nSPS) is 23.7. The van der Waals surface area contributed by atoms with Gasteiger partial charge in [0, 0.05) is 31.6 Å². The second-order valence-electron chi connectivity index (χ2n) is 15.2. The Morgan fingerprint density at radius 1 is 0.870 bits per heavy atom. The zero-order valence-electron chi connectivity index (χ0n) is 30.8. The lowest BCUT2D eigenvalue weighted by atomic mass is 9.97. The molecule has 3 aliphatic rings. The van der Waals surface area contributed by atoms with Crippen LogP contribution >= 0.6 is 0 Å². The van der Waals surface area contributed by atoms with Gasteiger partial charge in [0.25, 0.3) is 0 Å². The predicted molar refractivity (Wildman–Crippen MR) is 193 cm³/mol. The topological polar surface area (TPSA) is 118 Å². The predicted octanol–water partition coefficient (Wildman–Crippen LogP) is 6.37. The highest BCUT2D eigenvalue weighted by atomic mass is 19.4. The zero-order valence-corrected chi connectivity index (χ0v) is 30.8. The van der Waals surface area contributed by atoms with Crippen molar-refractivity contribution in [3.8, 4) is 11.1 Å². The van der Waals surface area contributed by atoms with Gasteiger partial charge in [-0.3, -0.25) is 19.3 Å². The molecule has 3 aromatic carbocycles. The minimum Gasteiger partial charge on any atom is -0.459 e. The van der Waals surface area contributed by atoms with Crippen LogP contribution in [0.15, 0.2) is 72.8 Å². The van der Waals surface area contributed by atoms with Crippen LogP contribution in [-0.4, -0.2) is 82.3 Å². The smallest absolute Gasteiger partial charge is 0.459 e. The van der Waals surface area contributed by atoms with Crippen LogP contribution < -0.4 is 5.32 Å². The highest BCUT2D eigenvalue weighted by Gasteiger charge is 2.47. The number of alkyl halides is 3. The number of likely N-dealkylation sites (tertiary alicyclic amines) is 2. The molecule has 0 saturated carbocycles. The maximum absolute atomic E-state index is 13.1. The molecule has 3 aliphatic heterocycles. The van der Waals surface area contributed by atoms with E-state index in [-0.39, 0.29) is 50.3 Å². The third-order valence-corrected chi connectivity index (χ3v) is 10.1. The molecule has 5 unspecified atom stereocenters. The number of carbonyl (C=O) groups excluding carboxylic acids is 3. The molecule has 0 aromatic heterocycles. The molecule has 10 nitrogen and oxygen atoms in total. The van der Waals surface area contributed by atoms with Gasteiger partial charge in [-0.2, -0.15) is 13.2 Å². The average molecular weight is 752 g/mol. The van der Waals surface area contributed by atoms with Crippen molar-refractivity contribution in [3.05, 3.63) is 95.1 Å². The van der Waals surface area contributed by atoms with Crippen LogP contribution in [0.3, 0.4) is 0 Å². The number of nitrogens with one attached hydrogen (secondary N) is 1. The van der Waals surface area contributed by atoms with Crippen LogP contribution in [0.1, 0.15) is 87.5 Å². The number of benzene rings is 3. The third-order valence-electron chi connectivity index (χ3n) is 10.1. The highest BCUT2D eigenvalue weighted by Crippen LogP contribution is 2.39. The number of esters is 1. The molecule has 3 heterocycles. The summed E-state index contributed by atoms with van der Waals surface area (Å²) in [6, 6.07) is 21.2. The van der Waals surface area contributed by atoms with Crippen molar-refractivity contribution in [1.29, 1.82) is 0 Å². The van der Waals surface area contributed by atoms with Gasteiger partial charge in [0.1, 0.15) is 17.7 Å². The van der Waals surface area contributed by atoms with Crippen LogP contribution in [-0.2, 0) is 41.7 Å². The Morgan fingerprint density at radius 2 is 1.54 bits per heavy atom. The fraction of sp³-hybridized carbons (Fsp3) is 0.488. The fourth-order valence-corrected chi connectivity index (χ4v) is 7.50. The molecule has 54 heavy (non-hydrogen) atoms. The minimum atomic E-state index is -5.04. The standard InChI is InChI=1S/C41H48F3N3O7/c1-40(2,3)54-37(50)34-11-6-20-46(34)24-31-22-35(28-14-12-26(25-48)13-15-28)53-38(52-31)29-18-16-27(17-19-29)32-9-5-4-8-30(32)23-45-36(49)33-10-7-21-47(33)39(51)41(42,43)44/h4-5,8-9,12-19,31,33-35,38,48H,6-7,10-11,20-25H2,1-3H3,(H,45,49). The molecule has 0 spiro atoms. The van der Waals surface area contributed by atoms with Gasteiger partial charge in [0.15, 0.2) is 6.29 Å². The Bertz CT molecular complexity index is 1780. The van der Waals surface area contributed by atoms with Crippen molar-refractivity contribution in [2.45, 2.75) is 108 Å². The number of rotatable bonds is 10. The minimum absolute atomic E-state index is 0.0644. The lowest BCUT2D eigenvalue weighted by Crippen LogP contribution is -2.50. The first-order chi connectivity index (χ1) is 25.7. The van der Waals surface area contributed by atoms with E-state index in [1.807, 2.05) is 93.6 Å². The number of carbonyl (C=O) groups is 3. The molecule has 3 fully saturated rings. The molecule has 2 N–H and O–H groups in total. The van der Waals surface area contributed by atoms with Gasteiger partial charge in [-0.1, -0.05) is 72.8 Å². The van der Waals surface area contributed by atoms with Crippen molar-refractivity contribution in [2.24, 2.45) is 0 Å². The van der Waals surface area contributed by atoms with Crippen molar-refractivity contribution in [2.75, 3.05) is 19.6 Å². The number of hydrogen-bond acceptors (Lipinski definition) is 8. The van der Waals surface area contributed by atoms with Gasteiger partial charge >= 0.3 is 18.1 Å². The summed E-state index contributed by atoms with van der Waals surface area (Å²) in [7, 11) is 0. The van der Waals surface area contributed by atoms with E-state index < -0.39 is 35.9 Å². The van der Waals surface area contributed by atoms with Gasteiger partial charge in [-0.25, -0.2) is 0 Å². The Kier molecular flexibility index (Phi) is 12.1. The Morgan fingerprint density at radius 3 is 2.22 bits per heavy atom. The summed E-state index contributed by atoms with van der Waals surface area (Å²) in [5, 5.41) is 12.3.